The number of nitrogens with one attached hydrogen (secondary N) is 2. The molecule has 0 spiro atoms. The summed E-state index contributed by atoms with van der Waals surface area (Å²) in [5.74, 6) is 0.412. The minimum atomic E-state index is -0.627. The monoisotopic (exact) mass is 605 g/mol. The van der Waals surface area contributed by atoms with Crippen molar-refractivity contribution in [1.82, 2.24) is 35.1 Å². The Hall–Kier alpha value is -4.50. The molecule has 4 heterocycles. The summed E-state index contributed by atoms with van der Waals surface area (Å²) >= 11 is 0. The molecule has 0 aliphatic carbocycles. The number of hydrogen-bond donors (Lipinski definition) is 2. The number of likely N-dealkylation sites (N-methyl/N-ethyl adjacent to an activating group) is 1. The van der Waals surface area contributed by atoms with Gasteiger partial charge in [-0.2, -0.15) is 14.6 Å². The number of nitrogens with zero attached hydrogens (tertiary/aromatic N) is 7. The van der Waals surface area contributed by atoms with Gasteiger partial charge in [-0.05, 0) is 36.8 Å². The maximum Gasteiger partial charge on any atom is 0.320 e. The molecule has 0 unspecified atom stereocenters. The first kappa shape index (κ1) is 30.9. The molecule has 0 radical (unpaired) electrons. The topological polar surface area (TPSA) is 132 Å². The van der Waals surface area contributed by atoms with E-state index >= 15 is 0 Å². The second-order valence-corrected chi connectivity index (χ2v) is 10.3. The lowest BCUT2D eigenvalue weighted by Gasteiger charge is -2.19. The number of aromatic nitrogens is 5. The maximum absolute atomic E-state index is 14.0. The molecule has 2 N–H and O–H groups in total. The van der Waals surface area contributed by atoms with Crippen LogP contribution in [0.15, 0.2) is 61.1 Å². The number of methoxy groups -OCH3 is 2. The summed E-state index contributed by atoms with van der Waals surface area (Å²) in [6, 6.07) is 11.5. The van der Waals surface area contributed by atoms with E-state index in [9.17, 15) is 9.18 Å². The van der Waals surface area contributed by atoms with Gasteiger partial charge in [0.25, 0.3) is 0 Å². The molecule has 44 heavy (non-hydrogen) atoms. The standard InChI is InChI=1S/C30H36FN9O4/c1-20-26(22-17-33-29(34-18-22)38(2)12-14-42-3)37-40(23-8-6-5-7-9-23)28(20)36-30(41)35-24-19-39(13-15-43-4)44-27(24)21-10-11-32-25(31)16-21/h5-11,16-18,24,27H,12-15,19H2,1-4H3,(H2,35,36,41)/t24-,27+/m1/s1. The fourth-order valence-electron chi connectivity index (χ4n) is 4.89. The van der Waals surface area contributed by atoms with Gasteiger partial charge >= 0.3 is 6.03 Å². The van der Waals surface area contributed by atoms with E-state index in [0.717, 1.165) is 11.3 Å². The SMILES string of the molecule is COCCN1C[C@@H](NC(=O)Nc2c(C)c(-c3cnc(N(C)CCOC)nc3)nn2-c2ccccc2)[C@H](c2ccnc(F)c2)O1. The zero-order valence-electron chi connectivity index (χ0n) is 25.1. The fourth-order valence-corrected chi connectivity index (χ4v) is 4.89. The van der Waals surface area contributed by atoms with Gasteiger partial charge in [-0.1, -0.05) is 18.2 Å². The normalized spacial score (nSPS) is 16.7. The highest BCUT2D eigenvalue weighted by Gasteiger charge is 2.37. The van der Waals surface area contributed by atoms with E-state index < -0.39 is 24.1 Å². The van der Waals surface area contributed by atoms with Gasteiger partial charge in [-0.15, -0.1) is 0 Å². The number of para-hydroxylation sites is 1. The second kappa shape index (κ2) is 14.3. The summed E-state index contributed by atoms with van der Waals surface area (Å²) in [5.41, 5.74) is 3.36. The number of halogens is 1. The number of urea groups is 1. The van der Waals surface area contributed by atoms with Crippen LogP contribution in [-0.4, -0.2) is 96.0 Å². The molecule has 2 amide bonds. The molecular weight excluding hydrogens is 569 g/mol. The van der Waals surface area contributed by atoms with Gasteiger partial charge in [0, 0.05) is 70.6 Å². The zero-order chi connectivity index (χ0) is 31.1. The number of hydrogen-bond acceptors (Lipinski definition) is 10. The van der Waals surface area contributed by atoms with Crippen molar-refractivity contribution in [3.8, 4) is 16.9 Å². The number of hydroxylamine groups is 2. The van der Waals surface area contributed by atoms with Crippen molar-refractivity contribution in [1.29, 1.82) is 0 Å². The molecule has 0 bridgehead atoms. The summed E-state index contributed by atoms with van der Waals surface area (Å²) in [6.45, 7) is 4.36. The first-order chi connectivity index (χ1) is 21.4. The summed E-state index contributed by atoms with van der Waals surface area (Å²) < 4.78 is 26.0. The molecule has 1 aliphatic heterocycles. The van der Waals surface area contributed by atoms with Gasteiger partial charge in [-0.25, -0.2) is 24.4 Å². The maximum atomic E-state index is 14.0. The second-order valence-electron chi connectivity index (χ2n) is 10.3. The minimum absolute atomic E-state index is 0.371. The Labute approximate surface area is 254 Å². The van der Waals surface area contributed by atoms with Crippen LogP contribution in [0.1, 0.15) is 17.2 Å². The highest BCUT2D eigenvalue weighted by molar-refractivity contribution is 5.91. The Morgan fingerprint density at radius 3 is 2.57 bits per heavy atom. The lowest BCUT2D eigenvalue weighted by molar-refractivity contribution is -0.154. The van der Waals surface area contributed by atoms with Gasteiger partial charge in [0.05, 0.1) is 24.9 Å². The lowest BCUT2D eigenvalue weighted by atomic mass is 10.0. The van der Waals surface area contributed by atoms with Gasteiger partial charge in [0.2, 0.25) is 11.9 Å². The van der Waals surface area contributed by atoms with E-state index in [2.05, 4.69) is 25.6 Å². The average Bonchev–Trinajstić information content (AvgIpc) is 3.59. The Morgan fingerprint density at radius 1 is 1.11 bits per heavy atom. The summed E-state index contributed by atoms with van der Waals surface area (Å²) in [5, 5.41) is 12.5. The predicted octanol–water partition coefficient (Wildman–Crippen LogP) is 3.38. The van der Waals surface area contributed by atoms with E-state index in [0.29, 0.717) is 61.4 Å². The number of ether oxygens (including phenoxy) is 2. The Bertz CT molecular complexity index is 1540. The van der Waals surface area contributed by atoms with Crippen molar-refractivity contribution in [3.63, 3.8) is 0 Å². The van der Waals surface area contributed by atoms with Crippen LogP contribution in [0.25, 0.3) is 16.9 Å². The number of anilines is 2. The number of pyridine rings is 1. The highest BCUT2D eigenvalue weighted by atomic mass is 19.1. The van der Waals surface area contributed by atoms with Crippen molar-refractivity contribution < 1.29 is 23.5 Å². The number of rotatable bonds is 12. The number of amides is 2. The van der Waals surface area contributed by atoms with Crippen LogP contribution in [0, 0.1) is 12.9 Å². The Kier molecular flexibility index (Phi) is 10.1. The van der Waals surface area contributed by atoms with E-state index in [1.807, 2.05) is 49.2 Å². The minimum Gasteiger partial charge on any atom is -0.383 e. The molecule has 5 rings (SSSR count). The lowest BCUT2D eigenvalue weighted by Crippen LogP contribution is -2.42. The van der Waals surface area contributed by atoms with Crippen LogP contribution >= 0.6 is 0 Å². The first-order valence-corrected chi connectivity index (χ1v) is 14.1. The third-order valence-electron chi connectivity index (χ3n) is 7.21. The van der Waals surface area contributed by atoms with Crippen LogP contribution in [0.2, 0.25) is 0 Å². The molecule has 3 aromatic heterocycles. The molecule has 1 aromatic carbocycles. The molecule has 1 saturated heterocycles. The Balaban J connectivity index is 1.40. The van der Waals surface area contributed by atoms with Crippen molar-refractivity contribution in [2.45, 2.75) is 19.1 Å². The van der Waals surface area contributed by atoms with Crippen LogP contribution in [0.3, 0.4) is 0 Å². The molecule has 13 nitrogen and oxygen atoms in total. The molecule has 1 aliphatic rings. The summed E-state index contributed by atoms with van der Waals surface area (Å²) in [4.78, 5) is 34.2. The van der Waals surface area contributed by atoms with Crippen molar-refractivity contribution in [3.05, 3.63) is 78.1 Å². The van der Waals surface area contributed by atoms with E-state index in [1.54, 1.807) is 42.4 Å². The molecular formula is C30H36FN9O4. The molecule has 0 saturated carbocycles. The van der Waals surface area contributed by atoms with Crippen molar-refractivity contribution in [2.75, 3.05) is 64.3 Å². The van der Waals surface area contributed by atoms with E-state index in [1.165, 1.54) is 12.3 Å². The zero-order valence-corrected chi connectivity index (χ0v) is 25.1. The quantitative estimate of drug-likeness (QED) is 0.232. The smallest absolute Gasteiger partial charge is 0.320 e. The molecule has 14 heteroatoms. The van der Waals surface area contributed by atoms with Crippen molar-refractivity contribution >= 4 is 17.8 Å². The molecule has 4 aromatic rings. The third-order valence-corrected chi connectivity index (χ3v) is 7.21. The summed E-state index contributed by atoms with van der Waals surface area (Å²) in [7, 11) is 5.14. The summed E-state index contributed by atoms with van der Waals surface area (Å²) in [6.07, 6.45) is 4.18. The average molecular weight is 606 g/mol. The van der Waals surface area contributed by atoms with Gasteiger partial charge < -0.3 is 19.7 Å². The van der Waals surface area contributed by atoms with Crippen molar-refractivity contribution in [2.24, 2.45) is 0 Å². The molecule has 1 fully saturated rings. The number of carbonyl (C=O) groups excluding carboxylic acids is 1. The molecule has 232 valence electrons. The van der Waals surface area contributed by atoms with Crippen LogP contribution in [-0.2, 0) is 14.3 Å². The van der Waals surface area contributed by atoms with Crippen LogP contribution in [0.4, 0.5) is 21.0 Å². The molecule has 2 atom stereocenters. The number of benzene rings is 1. The van der Waals surface area contributed by atoms with Gasteiger partial charge in [-0.3, -0.25) is 10.2 Å². The van der Waals surface area contributed by atoms with Gasteiger partial charge in [0.1, 0.15) is 17.6 Å². The highest BCUT2D eigenvalue weighted by Crippen LogP contribution is 2.32. The van der Waals surface area contributed by atoms with Gasteiger partial charge in [0.15, 0.2) is 0 Å². The van der Waals surface area contributed by atoms with E-state index in [-0.39, 0.29) is 0 Å². The predicted molar refractivity (Wildman–Crippen MR) is 162 cm³/mol. The third kappa shape index (κ3) is 7.17. The first-order valence-electron chi connectivity index (χ1n) is 14.1. The Morgan fingerprint density at radius 2 is 1.86 bits per heavy atom. The number of carbonyl (C=O) groups is 1. The largest absolute Gasteiger partial charge is 0.383 e. The van der Waals surface area contributed by atoms with Crippen LogP contribution in [0.5, 0.6) is 0 Å². The van der Waals surface area contributed by atoms with Crippen LogP contribution < -0.4 is 15.5 Å². The fraction of sp³-hybridized carbons (Fsp3) is 0.367. The van der Waals surface area contributed by atoms with E-state index in [4.69, 9.17) is 19.4 Å².